The summed E-state index contributed by atoms with van der Waals surface area (Å²) in [5.74, 6) is 0.730. The van der Waals surface area contributed by atoms with Crippen molar-refractivity contribution in [3.8, 4) is 0 Å². The third-order valence-electron chi connectivity index (χ3n) is 4.44. The SMILES string of the molecule is O=C(CCC1CCCO1)NC1(c2ncccn2)CCOCC1. The maximum absolute atomic E-state index is 12.4. The molecular formula is C16H23N3O3. The third kappa shape index (κ3) is 3.62. The molecule has 2 fully saturated rings. The predicted octanol–water partition coefficient (Wildman–Crippen LogP) is 1.56. The van der Waals surface area contributed by atoms with Crippen LogP contribution < -0.4 is 5.32 Å². The summed E-state index contributed by atoms with van der Waals surface area (Å²) in [6, 6.07) is 1.79. The Morgan fingerprint density at radius 1 is 1.27 bits per heavy atom. The van der Waals surface area contributed by atoms with Gasteiger partial charge < -0.3 is 14.8 Å². The van der Waals surface area contributed by atoms with Crippen LogP contribution in [-0.2, 0) is 19.8 Å². The van der Waals surface area contributed by atoms with Gasteiger partial charge in [0.2, 0.25) is 5.91 Å². The van der Waals surface area contributed by atoms with E-state index in [1.54, 1.807) is 18.5 Å². The molecule has 6 heteroatoms. The molecule has 3 heterocycles. The van der Waals surface area contributed by atoms with E-state index in [0.717, 1.165) is 25.9 Å². The average Bonchev–Trinajstić information content (AvgIpc) is 3.08. The topological polar surface area (TPSA) is 73.3 Å². The lowest BCUT2D eigenvalue weighted by molar-refractivity contribution is -0.125. The molecule has 0 bridgehead atoms. The minimum absolute atomic E-state index is 0.0462. The van der Waals surface area contributed by atoms with Gasteiger partial charge in [-0.25, -0.2) is 9.97 Å². The number of rotatable bonds is 5. The van der Waals surface area contributed by atoms with Crippen LogP contribution in [0.5, 0.6) is 0 Å². The highest BCUT2D eigenvalue weighted by Crippen LogP contribution is 2.29. The highest BCUT2D eigenvalue weighted by atomic mass is 16.5. The molecule has 1 aromatic rings. The molecule has 22 heavy (non-hydrogen) atoms. The van der Waals surface area contributed by atoms with Crippen molar-refractivity contribution in [2.24, 2.45) is 0 Å². The quantitative estimate of drug-likeness (QED) is 0.893. The molecule has 3 rings (SSSR count). The fourth-order valence-electron chi connectivity index (χ4n) is 3.16. The minimum Gasteiger partial charge on any atom is -0.381 e. The Morgan fingerprint density at radius 2 is 2.05 bits per heavy atom. The van der Waals surface area contributed by atoms with Gasteiger partial charge in [0, 0.05) is 51.5 Å². The molecule has 1 N–H and O–H groups in total. The van der Waals surface area contributed by atoms with E-state index in [2.05, 4.69) is 15.3 Å². The highest BCUT2D eigenvalue weighted by molar-refractivity contribution is 5.77. The van der Waals surface area contributed by atoms with Gasteiger partial charge in [-0.3, -0.25) is 4.79 Å². The molecule has 6 nitrogen and oxygen atoms in total. The second-order valence-electron chi connectivity index (χ2n) is 5.99. The van der Waals surface area contributed by atoms with Crippen LogP contribution in [0.25, 0.3) is 0 Å². The zero-order valence-corrected chi connectivity index (χ0v) is 12.8. The number of ether oxygens (including phenoxy) is 2. The molecule has 0 saturated carbocycles. The highest BCUT2D eigenvalue weighted by Gasteiger charge is 2.38. The molecule has 1 aromatic heterocycles. The van der Waals surface area contributed by atoms with E-state index >= 15 is 0 Å². The molecular weight excluding hydrogens is 282 g/mol. The molecule has 120 valence electrons. The van der Waals surface area contributed by atoms with Crippen molar-refractivity contribution in [1.29, 1.82) is 0 Å². The van der Waals surface area contributed by atoms with Crippen LogP contribution in [0.2, 0.25) is 0 Å². The lowest BCUT2D eigenvalue weighted by Gasteiger charge is -2.36. The first kappa shape index (κ1) is 15.4. The lowest BCUT2D eigenvalue weighted by atomic mass is 9.88. The zero-order chi connectivity index (χ0) is 15.3. The van der Waals surface area contributed by atoms with E-state index in [1.807, 2.05) is 0 Å². The number of nitrogens with zero attached hydrogens (tertiary/aromatic N) is 2. The molecule has 2 saturated heterocycles. The van der Waals surface area contributed by atoms with Crippen molar-refractivity contribution in [2.75, 3.05) is 19.8 Å². The van der Waals surface area contributed by atoms with Crippen LogP contribution in [0.15, 0.2) is 18.5 Å². The summed E-state index contributed by atoms with van der Waals surface area (Å²) in [7, 11) is 0. The molecule has 0 aliphatic carbocycles. The van der Waals surface area contributed by atoms with E-state index in [-0.39, 0.29) is 12.0 Å². The second kappa shape index (κ2) is 7.15. The van der Waals surface area contributed by atoms with Crippen LogP contribution in [-0.4, -0.2) is 41.8 Å². The number of hydrogen-bond acceptors (Lipinski definition) is 5. The number of carbonyl (C=O) groups excluding carboxylic acids is 1. The molecule has 1 unspecified atom stereocenters. The van der Waals surface area contributed by atoms with Crippen LogP contribution >= 0.6 is 0 Å². The first-order chi connectivity index (χ1) is 10.8. The smallest absolute Gasteiger partial charge is 0.220 e. The molecule has 2 aliphatic heterocycles. The monoisotopic (exact) mass is 305 g/mol. The fraction of sp³-hybridized carbons (Fsp3) is 0.688. The molecule has 2 aliphatic rings. The fourth-order valence-corrected chi connectivity index (χ4v) is 3.16. The van der Waals surface area contributed by atoms with Crippen molar-refractivity contribution in [2.45, 2.75) is 50.2 Å². The van der Waals surface area contributed by atoms with Crippen molar-refractivity contribution in [1.82, 2.24) is 15.3 Å². The number of amides is 1. The molecule has 0 spiro atoms. The average molecular weight is 305 g/mol. The van der Waals surface area contributed by atoms with Crippen LogP contribution in [0.1, 0.15) is 44.3 Å². The maximum atomic E-state index is 12.4. The summed E-state index contributed by atoms with van der Waals surface area (Å²) in [4.78, 5) is 21.1. The summed E-state index contributed by atoms with van der Waals surface area (Å²) in [5.41, 5.74) is -0.493. The largest absolute Gasteiger partial charge is 0.381 e. The Kier molecular flexibility index (Phi) is 5.00. The van der Waals surface area contributed by atoms with Crippen molar-refractivity contribution >= 4 is 5.91 Å². The van der Waals surface area contributed by atoms with Crippen molar-refractivity contribution < 1.29 is 14.3 Å². The number of hydrogen-bond donors (Lipinski definition) is 1. The molecule has 0 radical (unpaired) electrons. The van der Waals surface area contributed by atoms with Crippen LogP contribution in [0.3, 0.4) is 0 Å². The summed E-state index contributed by atoms with van der Waals surface area (Å²) >= 11 is 0. The van der Waals surface area contributed by atoms with Gasteiger partial charge in [-0.1, -0.05) is 0 Å². The number of aromatic nitrogens is 2. The van der Waals surface area contributed by atoms with Crippen LogP contribution in [0.4, 0.5) is 0 Å². The Bertz CT molecular complexity index is 483. The normalized spacial score (nSPS) is 24.1. The van der Waals surface area contributed by atoms with Gasteiger partial charge >= 0.3 is 0 Å². The van der Waals surface area contributed by atoms with Gasteiger partial charge in [-0.2, -0.15) is 0 Å². The first-order valence-electron chi connectivity index (χ1n) is 8.06. The van der Waals surface area contributed by atoms with Gasteiger partial charge in [0.15, 0.2) is 5.82 Å². The van der Waals surface area contributed by atoms with Gasteiger partial charge in [-0.05, 0) is 25.3 Å². The summed E-state index contributed by atoms with van der Waals surface area (Å²) in [5, 5.41) is 3.17. The van der Waals surface area contributed by atoms with Gasteiger partial charge in [0.25, 0.3) is 0 Å². The molecule has 1 amide bonds. The van der Waals surface area contributed by atoms with E-state index in [1.165, 1.54) is 0 Å². The van der Waals surface area contributed by atoms with Gasteiger partial charge in [0.1, 0.15) is 5.54 Å². The van der Waals surface area contributed by atoms with E-state index in [0.29, 0.717) is 38.3 Å². The Morgan fingerprint density at radius 3 is 2.73 bits per heavy atom. The zero-order valence-electron chi connectivity index (χ0n) is 12.8. The van der Waals surface area contributed by atoms with Crippen molar-refractivity contribution in [3.05, 3.63) is 24.3 Å². The number of nitrogens with one attached hydrogen (secondary N) is 1. The van der Waals surface area contributed by atoms with Crippen LogP contribution in [0, 0.1) is 0 Å². The summed E-state index contributed by atoms with van der Waals surface area (Å²) in [6.07, 6.45) is 8.54. The third-order valence-corrected chi connectivity index (χ3v) is 4.44. The molecule has 1 atom stereocenters. The van der Waals surface area contributed by atoms with E-state index in [9.17, 15) is 4.79 Å². The van der Waals surface area contributed by atoms with E-state index < -0.39 is 5.54 Å². The first-order valence-corrected chi connectivity index (χ1v) is 8.06. The Labute approximate surface area is 130 Å². The molecule has 0 aromatic carbocycles. The Balaban J connectivity index is 1.63. The second-order valence-corrected chi connectivity index (χ2v) is 5.99. The Hall–Kier alpha value is -1.53. The summed E-state index contributed by atoms with van der Waals surface area (Å²) < 4.78 is 11.0. The van der Waals surface area contributed by atoms with E-state index in [4.69, 9.17) is 9.47 Å². The maximum Gasteiger partial charge on any atom is 0.220 e. The van der Waals surface area contributed by atoms with Gasteiger partial charge in [0.05, 0.1) is 6.10 Å². The lowest BCUT2D eigenvalue weighted by Crippen LogP contribution is -2.50. The standard InChI is InChI=1S/C16H23N3O3/c20-14(5-4-13-3-1-10-22-13)19-16(6-11-21-12-7-16)15-17-8-2-9-18-15/h2,8-9,13H,1,3-7,10-12H2,(H,19,20). The van der Waals surface area contributed by atoms with Crippen molar-refractivity contribution in [3.63, 3.8) is 0 Å². The summed E-state index contributed by atoms with van der Waals surface area (Å²) in [6.45, 7) is 2.06. The number of carbonyl (C=O) groups is 1. The predicted molar refractivity (Wildman–Crippen MR) is 80.1 cm³/mol. The van der Waals surface area contributed by atoms with Gasteiger partial charge in [-0.15, -0.1) is 0 Å². The minimum atomic E-state index is -0.493.